The summed E-state index contributed by atoms with van der Waals surface area (Å²) in [5, 5.41) is 2.76. The van der Waals surface area contributed by atoms with Crippen molar-refractivity contribution in [1.82, 2.24) is 28.9 Å². The van der Waals surface area contributed by atoms with Crippen LogP contribution in [0.15, 0.2) is 51.2 Å². The molecular weight excluding hydrogens is 464 g/mol. The van der Waals surface area contributed by atoms with Crippen LogP contribution in [-0.2, 0) is 30.2 Å². The number of nitrogens with zero attached hydrogens (tertiary/aromatic N) is 5. The van der Waals surface area contributed by atoms with Crippen LogP contribution in [0.2, 0.25) is 5.28 Å². The highest BCUT2D eigenvalue weighted by atomic mass is 35.5. The minimum Gasteiger partial charge on any atom is -0.463 e. The van der Waals surface area contributed by atoms with Gasteiger partial charge in [-0.05, 0) is 24.1 Å². The molecule has 0 saturated heterocycles. The van der Waals surface area contributed by atoms with E-state index in [1.54, 1.807) is 31.2 Å². The third-order valence-electron chi connectivity index (χ3n) is 5.81. The summed E-state index contributed by atoms with van der Waals surface area (Å²) in [7, 11) is 4.34. The number of ether oxygens (including phenoxy) is 1. The van der Waals surface area contributed by atoms with Crippen LogP contribution in [0.5, 0.6) is 0 Å². The number of urea groups is 1. The van der Waals surface area contributed by atoms with Gasteiger partial charge in [0.15, 0.2) is 11.2 Å². The summed E-state index contributed by atoms with van der Waals surface area (Å²) in [6.45, 7) is 1.68. The largest absolute Gasteiger partial charge is 0.463 e. The highest BCUT2D eigenvalue weighted by molar-refractivity contribution is 6.29. The number of benzene rings is 1. The van der Waals surface area contributed by atoms with Gasteiger partial charge in [-0.1, -0.05) is 30.3 Å². The van der Waals surface area contributed by atoms with Crippen molar-refractivity contribution in [3.05, 3.63) is 73.3 Å². The molecule has 3 aromatic rings. The summed E-state index contributed by atoms with van der Waals surface area (Å²) >= 11 is 6.39. The van der Waals surface area contributed by atoms with Crippen LogP contribution in [0, 0.1) is 0 Å². The van der Waals surface area contributed by atoms with Crippen molar-refractivity contribution in [3.8, 4) is 0 Å². The fourth-order valence-corrected chi connectivity index (χ4v) is 4.23. The van der Waals surface area contributed by atoms with Crippen LogP contribution in [-0.4, -0.2) is 49.2 Å². The Hall–Kier alpha value is -3.86. The Morgan fingerprint density at radius 3 is 2.44 bits per heavy atom. The monoisotopic (exact) mass is 486 g/mol. The molecule has 2 aromatic heterocycles. The van der Waals surface area contributed by atoms with Crippen LogP contribution < -0.4 is 16.6 Å². The topological polar surface area (TPSA) is 120 Å². The Bertz CT molecular complexity index is 1450. The zero-order valence-corrected chi connectivity index (χ0v) is 19.8. The van der Waals surface area contributed by atoms with Gasteiger partial charge < -0.3 is 14.6 Å². The van der Waals surface area contributed by atoms with Gasteiger partial charge >= 0.3 is 17.7 Å². The summed E-state index contributed by atoms with van der Waals surface area (Å²) in [6, 6.07) is 7.78. The van der Waals surface area contributed by atoms with E-state index >= 15 is 0 Å². The lowest BCUT2D eigenvalue weighted by molar-refractivity contribution is -0.139. The van der Waals surface area contributed by atoms with Gasteiger partial charge in [-0.15, -0.1) is 0 Å². The quantitative estimate of drug-likeness (QED) is 0.428. The molecule has 12 heteroatoms. The van der Waals surface area contributed by atoms with E-state index in [1.165, 1.54) is 35.2 Å². The third kappa shape index (κ3) is 3.67. The minimum atomic E-state index is -0.778. The number of likely N-dealkylation sites (N-methyl/N-ethyl adjacent to an activating group) is 1. The van der Waals surface area contributed by atoms with E-state index in [4.69, 9.17) is 16.3 Å². The Balaban J connectivity index is 1.98. The molecule has 0 radical (unpaired) electrons. The van der Waals surface area contributed by atoms with E-state index in [0.717, 1.165) is 4.57 Å². The molecule has 0 fully saturated rings. The van der Waals surface area contributed by atoms with Crippen LogP contribution in [0.4, 0.5) is 4.79 Å². The molecule has 1 aliphatic heterocycles. The second-order valence-electron chi connectivity index (χ2n) is 7.78. The average Bonchev–Trinajstić information content (AvgIpc) is 3.15. The lowest BCUT2D eigenvalue weighted by Gasteiger charge is -2.34. The Morgan fingerprint density at radius 2 is 1.79 bits per heavy atom. The predicted molar refractivity (Wildman–Crippen MR) is 124 cm³/mol. The third-order valence-corrected chi connectivity index (χ3v) is 6.10. The number of halogens is 1. The number of nitrogens with one attached hydrogen (secondary N) is 1. The van der Waals surface area contributed by atoms with E-state index < -0.39 is 29.3 Å². The normalized spacial score (nSPS) is 16.2. The summed E-state index contributed by atoms with van der Waals surface area (Å²) < 4.78 is 8.86. The molecule has 1 aromatic carbocycles. The van der Waals surface area contributed by atoms with Crippen molar-refractivity contribution < 1.29 is 14.3 Å². The number of imidazole rings is 1. The van der Waals surface area contributed by atoms with Gasteiger partial charge in [0.25, 0.3) is 5.56 Å². The lowest BCUT2D eigenvalue weighted by atomic mass is 9.94. The number of amides is 2. The van der Waals surface area contributed by atoms with Gasteiger partial charge in [0.1, 0.15) is 0 Å². The molecule has 2 amide bonds. The first-order chi connectivity index (χ1) is 16.2. The van der Waals surface area contributed by atoms with Crippen LogP contribution >= 0.6 is 11.6 Å². The van der Waals surface area contributed by atoms with Gasteiger partial charge in [-0.3, -0.25) is 18.8 Å². The summed E-state index contributed by atoms with van der Waals surface area (Å²) in [4.78, 5) is 56.7. The zero-order chi connectivity index (χ0) is 24.7. The number of allylic oxidation sites excluding steroid dienone is 1. The highest BCUT2D eigenvalue weighted by Crippen LogP contribution is 2.32. The Kier molecular flexibility index (Phi) is 6.05. The van der Waals surface area contributed by atoms with E-state index in [-0.39, 0.29) is 40.9 Å². The molecule has 0 spiro atoms. The van der Waals surface area contributed by atoms with Crippen molar-refractivity contribution in [2.45, 2.75) is 19.5 Å². The van der Waals surface area contributed by atoms with Crippen molar-refractivity contribution in [2.75, 3.05) is 13.7 Å². The molecule has 0 aliphatic carbocycles. The average molecular weight is 487 g/mol. The van der Waals surface area contributed by atoms with Crippen molar-refractivity contribution in [1.29, 1.82) is 0 Å². The van der Waals surface area contributed by atoms with E-state index in [0.29, 0.717) is 5.56 Å². The minimum absolute atomic E-state index is 0.0698. The number of hydrogen-bond donors (Lipinski definition) is 1. The van der Waals surface area contributed by atoms with Crippen molar-refractivity contribution >= 4 is 34.8 Å². The van der Waals surface area contributed by atoms with Gasteiger partial charge in [0, 0.05) is 21.1 Å². The SMILES string of the molecule is CCOC(=O)C1=C(Cn2c(Cl)nc3c2c(=O)n(C)c(=O)n3C)N(C)C(=O)NC1c1ccccc1. The molecular formula is C22H23ClN6O5. The fraction of sp³-hybridized carbons (Fsp3) is 0.318. The van der Waals surface area contributed by atoms with Crippen molar-refractivity contribution in [2.24, 2.45) is 14.1 Å². The highest BCUT2D eigenvalue weighted by Gasteiger charge is 2.37. The summed E-state index contributed by atoms with van der Waals surface area (Å²) in [5.41, 5.74) is 0.189. The van der Waals surface area contributed by atoms with Crippen molar-refractivity contribution in [3.63, 3.8) is 0 Å². The number of aryl methyl sites for hydroxylation is 1. The number of fused-ring (bicyclic) bond motifs is 1. The van der Waals surface area contributed by atoms with Crippen LogP contribution in [0.3, 0.4) is 0 Å². The molecule has 1 N–H and O–H groups in total. The number of rotatable bonds is 5. The Morgan fingerprint density at radius 1 is 1.12 bits per heavy atom. The maximum Gasteiger partial charge on any atom is 0.338 e. The fourth-order valence-electron chi connectivity index (χ4n) is 4.01. The maximum atomic E-state index is 13.1. The number of carbonyl (C=O) groups excluding carboxylic acids is 2. The standard InChI is InChI=1S/C22H23ClN6O5/c1-5-34-19(31)14-13(26(2)21(32)24-15(14)12-9-7-6-8-10-12)11-29-16-17(25-20(29)23)27(3)22(33)28(4)18(16)30/h6-10,15H,5,11H2,1-4H3,(H,24,32). The van der Waals surface area contributed by atoms with E-state index in [9.17, 15) is 19.2 Å². The maximum absolute atomic E-state index is 13.1. The molecule has 1 aliphatic rings. The number of carbonyl (C=O) groups is 2. The number of aromatic nitrogens is 4. The van der Waals surface area contributed by atoms with Gasteiger partial charge in [-0.25, -0.2) is 14.4 Å². The van der Waals surface area contributed by atoms with E-state index in [2.05, 4.69) is 10.3 Å². The molecule has 3 heterocycles. The lowest BCUT2D eigenvalue weighted by Crippen LogP contribution is -2.47. The van der Waals surface area contributed by atoms with Crippen LogP contribution in [0.1, 0.15) is 18.5 Å². The van der Waals surface area contributed by atoms with Gasteiger partial charge in [-0.2, -0.15) is 4.98 Å². The first kappa shape index (κ1) is 23.3. The first-order valence-electron chi connectivity index (χ1n) is 10.5. The molecule has 1 unspecified atom stereocenters. The van der Waals surface area contributed by atoms with Gasteiger partial charge in [0.05, 0.1) is 30.5 Å². The molecule has 4 rings (SSSR count). The zero-order valence-electron chi connectivity index (χ0n) is 19.0. The van der Waals surface area contributed by atoms with E-state index in [1.807, 2.05) is 6.07 Å². The van der Waals surface area contributed by atoms with Crippen LogP contribution in [0.25, 0.3) is 11.2 Å². The molecule has 11 nitrogen and oxygen atoms in total. The summed E-state index contributed by atoms with van der Waals surface area (Å²) in [6.07, 6.45) is 0. The second-order valence-corrected chi connectivity index (χ2v) is 8.12. The summed E-state index contributed by atoms with van der Waals surface area (Å²) in [5.74, 6) is -0.612. The number of hydrogen-bond acceptors (Lipinski definition) is 6. The molecule has 178 valence electrons. The molecule has 34 heavy (non-hydrogen) atoms. The van der Waals surface area contributed by atoms with Gasteiger partial charge in [0.2, 0.25) is 5.28 Å². The smallest absolute Gasteiger partial charge is 0.338 e. The first-order valence-corrected chi connectivity index (χ1v) is 10.9. The molecule has 1 atom stereocenters. The Labute approximate surface area is 198 Å². The predicted octanol–water partition coefficient (Wildman–Crippen LogP) is 1.30. The second kappa shape index (κ2) is 8.82. The molecule has 0 bridgehead atoms. The molecule has 0 saturated carbocycles. The number of esters is 1.